The molecule has 2 rings (SSSR count). The minimum Gasteiger partial charge on any atom is -0.381 e. The Morgan fingerprint density at radius 3 is 3.14 bits per heavy atom. The lowest BCUT2D eigenvalue weighted by Crippen LogP contribution is -2.23. The first-order chi connectivity index (χ1) is 6.79. The smallest absolute Gasteiger partial charge is 0.146 e. The van der Waals surface area contributed by atoms with Crippen LogP contribution in [0.25, 0.3) is 0 Å². The van der Waals surface area contributed by atoms with Gasteiger partial charge in [-0.15, -0.1) is 0 Å². The number of nitrogens with zero attached hydrogens (tertiary/aromatic N) is 1. The zero-order valence-corrected chi connectivity index (χ0v) is 7.82. The molecule has 76 valence electrons. The Morgan fingerprint density at radius 1 is 1.64 bits per heavy atom. The van der Waals surface area contributed by atoms with Crippen LogP contribution in [0.2, 0.25) is 0 Å². The van der Waals surface area contributed by atoms with E-state index >= 15 is 0 Å². The third-order valence-corrected chi connectivity index (χ3v) is 2.58. The number of rotatable bonds is 2. The first kappa shape index (κ1) is 9.55. The monoisotopic (exact) mass is 196 g/mol. The van der Waals surface area contributed by atoms with Crippen LogP contribution in [0.15, 0.2) is 18.3 Å². The molecular weight excluding hydrogens is 183 g/mol. The van der Waals surface area contributed by atoms with Crippen LogP contribution in [0.5, 0.6) is 0 Å². The van der Waals surface area contributed by atoms with Crippen molar-refractivity contribution in [2.75, 3.05) is 13.2 Å². The first-order valence-electron chi connectivity index (χ1n) is 4.73. The lowest BCUT2D eigenvalue weighted by Gasteiger charge is -2.16. The van der Waals surface area contributed by atoms with Crippen molar-refractivity contribution in [3.05, 3.63) is 29.8 Å². The molecule has 0 aromatic carbocycles. The molecule has 3 nitrogen and oxygen atoms in total. The van der Waals surface area contributed by atoms with Gasteiger partial charge in [-0.25, -0.2) is 4.39 Å². The summed E-state index contributed by atoms with van der Waals surface area (Å²) in [5.41, 5.74) is 6.27. The highest BCUT2D eigenvalue weighted by Gasteiger charge is 2.26. The van der Waals surface area contributed by atoms with E-state index in [-0.39, 0.29) is 17.8 Å². The van der Waals surface area contributed by atoms with Crippen molar-refractivity contribution in [2.24, 2.45) is 11.7 Å². The topological polar surface area (TPSA) is 48.1 Å². The maximum absolute atomic E-state index is 13.3. The van der Waals surface area contributed by atoms with Gasteiger partial charge < -0.3 is 10.5 Å². The molecule has 1 aromatic heterocycles. The van der Waals surface area contributed by atoms with E-state index in [1.807, 2.05) is 0 Å². The van der Waals surface area contributed by atoms with E-state index in [0.29, 0.717) is 18.9 Å². The molecule has 2 N–H and O–H groups in total. The van der Waals surface area contributed by atoms with Crippen LogP contribution >= 0.6 is 0 Å². The summed E-state index contributed by atoms with van der Waals surface area (Å²) in [7, 11) is 0. The molecule has 14 heavy (non-hydrogen) atoms. The van der Waals surface area contributed by atoms with E-state index < -0.39 is 0 Å². The van der Waals surface area contributed by atoms with Gasteiger partial charge in [0.05, 0.1) is 18.3 Å². The highest BCUT2D eigenvalue weighted by Crippen LogP contribution is 2.26. The normalized spacial score (nSPS) is 23.7. The fourth-order valence-corrected chi connectivity index (χ4v) is 1.70. The molecule has 2 heterocycles. The summed E-state index contributed by atoms with van der Waals surface area (Å²) in [5.74, 6) is -0.133. The second kappa shape index (κ2) is 4.02. The van der Waals surface area contributed by atoms with Crippen molar-refractivity contribution in [3.8, 4) is 0 Å². The van der Waals surface area contributed by atoms with Gasteiger partial charge in [-0.2, -0.15) is 0 Å². The third-order valence-electron chi connectivity index (χ3n) is 2.58. The lowest BCUT2D eigenvalue weighted by molar-refractivity contribution is 0.180. The lowest BCUT2D eigenvalue weighted by atomic mass is 9.96. The summed E-state index contributed by atoms with van der Waals surface area (Å²) >= 11 is 0. The minimum absolute atomic E-state index is 0.194. The Kier molecular flexibility index (Phi) is 2.74. The number of hydrogen-bond acceptors (Lipinski definition) is 3. The maximum atomic E-state index is 13.3. The Morgan fingerprint density at radius 2 is 2.50 bits per heavy atom. The Bertz CT molecular complexity index is 313. The molecular formula is C10H13FN2O. The molecule has 0 aliphatic carbocycles. The molecule has 4 heteroatoms. The minimum atomic E-state index is -0.348. The molecule has 0 spiro atoms. The molecule has 0 saturated carbocycles. The predicted molar refractivity (Wildman–Crippen MR) is 50.0 cm³/mol. The van der Waals surface area contributed by atoms with Gasteiger partial charge in [0.15, 0.2) is 0 Å². The van der Waals surface area contributed by atoms with Crippen molar-refractivity contribution in [1.82, 2.24) is 4.98 Å². The highest BCUT2D eigenvalue weighted by atomic mass is 19.1. The van der Waals surface area contributed by atoms with Gasteiger partial charge >= 0.3 is 0 Å². The van der Waals surface area contributed by atoms with E-state index in [2.05, 4.69) is 4.98 Å². The Hall–Kier alpha value is -1.00. The largest absolute Gasteiger partial charge is 0.381 e. The fraction of sp³-hybridized carbons (Fsp3) is 0.500. The van der Waals surface area contributed by atoms with Crippen molar-refractivity contribution in [2.45, 2.75) is 12.5 Å². The summed E-state index contributed by atoms with van der Waals surface area (Å²) < 4.78 is 18.5. The van der Waals surface area contributed by atoms with Gasteiger partial charge in [0, 0.05) is 18.7 Å². The van der Waals surface area contributed by atoms with Gasteiger partial charge in [0.25, 0.3) is 0 Å². The summed E-state index contributed by atoms with van der Waals surface area (Å²) in [4.78, 5) is 3.97. The SMILES string of the molecule is NC(c1ncccc1F)C1CCOC1. The molecule has 1 aromatic rings. The standard InChI is InChI=1S/C10H13FN2O/c11-8-2-1-4-13-10(8)9(12)7-3-5-14-6-7/h1-2,4,7,9H,3,5-6,12H2. The number of nitrogens with two attached hydrogens (primary N) is 1. The van der Waals surface area contributed by atoms with Crippen LogP contribution in [0, 0.1) is 11.7 Å². The van der Waals surface area contributed by atoms with Crippen LogP contribution in [-0.4, -0.2) is 18.2 Å². The van der Waals surface area contributed by atoms with Crippen LogP contribution in [0.1, 0.15) is 18.2 Å². The quantitative estimate of drug-likeness (QED) is 0.774. The number of hydrogen-bond donors (Lipinski definition) is 1. The van der Waals surface area contributed by atoms with Crippen molar-refractivity contribution in [3.63, 3.8) is 0 Å². The predicted octanol–water partition coefficient (Wildman–Crippen LogP) is 1.26. The third kappa shape index (κ3) is 1.76. The molecule has 1 saturated heterocycles. The zero-order chi connectivity index (χ0) is 9.97. The van der Waals surface area contributed by atoms with Gasteiger partial charge in [-0.3, -0.25) is 4.98 Å². The van der Waals surface area contributed by atoms with Crippen molar-refractivity contribution >= 4 is 0 Å². The van der Waals surface area contributed by atoms with Gasteiger partial charge in [0.2, 0.25) is 0 Å². The van der Waals surface area contributed by atoms with E-state index in [0.717, 1.165) is 6.42 Å². The summed E-state index contributed by atoms with van der Waals surface area (Å²) in [5, 5.41) is 0. The summed E-state index contributed by atoms with van der Waals surface area (Å²) in [6.07, 6.45) is 2.45. The van der Waals surface area contributed by atoms with Crippen LogP contribution in [-0.2, 0) is 4.74 Å². The number of pyridine rings is 1. The van der Waals surface area contributed by atoms with E-state index in [1.165, 1.54) is 6.07 Å². The fourth-order valence-electron chi connectivity index (χ4n) is 1.70. The van der Waals surface area contributed by atoms with E-state index in [4.69, 9.17) is 10.5 Å². The number of ether oxygens (including phenoxy) is 1. The van der Waals surface area contributed by atoms with E-state index in [1.54, 1.807) is 12.3 Å². The summed E-state index contributed by atoms with van der Waals surface area (Å²) in [6.45, 7) is 1.32. The zero-order valence-electron chi connectivity index (χ0n) is 7.82. The van der Waals surface area contributed by atoms with Crippen molar-refractivity contribution < 1.29 is 9.13 Å². The van der Waals surface area contributed by atoms with Crippen LogP contribution < -0.4 is 5.73 Å². The van der Waals surface area contributed by atoms with Crippen molar-refractivity contribution in [1.29, 1.82) is 0 Å². The number of halogens is 1. The Balaban J connectivity index is 2.17. The Labute approximate surface area is 82.1 Å². The molecule has 1 fully saturated rings. The van der Waals surface area contributed by atoms with E-state index in [9.17, 15) is 4.39 Å². The second-order valence-corrected chi connectivity index (χ2v) is 3.52. The van der Waals surface area contributed by atoms with Crippen LogP contribution in [0.4, 0.5) is 4.39 Å². The molecule has 2 atom stereocenters. The van der Waals surface area contributed by atoms with Gasteiger partial charge in [0.1, 0.15) is 5.82 Å². The average molecular weight is 196 g/mol. The first-order valence-corrected chi connectivity index (χ1v) is 4.73. The molecule has 0 bridgehead atoms. The van der Waals surface area contributed by atoms with Gasteiger partial charge in [-0.05, 0) is 18.6 Å². The maximum Gasteiger partial charge on any atom is 0.146 e. The molecule has 1 aliphatic heterocycles. The molecule has 1 aliphatic rings. The molecule has 0 amide bonds. The summed E-state index contributed by atoms with van der Waals surface area (Å²) in [6, 6.07) is 2.60. The highest BCUT2D eigenvalue weighted by molar-refractivity contribution is 5.12. The van der Waals surface area contributed by atoms with Crippen LogP contribution in [0.3, 0.4) is 0 Å². The average Bonchev–Trinajstić information content (AvgIpc) is 2.70. The number of aromatic nitrogens is 1. The molecule has 0 radical (unpaired) electrons. The molecule has 2 unspecified atom stereocenters. The van der Waals surface area contributed by atoms with Gasteiger partial charge in [-0.1, -0.05) is 0 Å². The second-order valence-electron chi connectivity index (χ2n) is 3.52.